The second-order valence-corrected chi connectivity index (χ2v) is 8.67. The van der Waals surface area contributed by atoms with Gasteiger partial charge in [-0.2, -0.15) is 8.42 Å². The maximum Gasteiger partial charge on any atom is 0.408 e. The number of hydrogen-bond acceptors (Lipinski definition) is 8. The highest BCUT2D eigenvalue weighted by Gasteiger charge is 2.26. The van der Waals surface area contributed by atoms with Crippen LogP contribution in [-0.2, 0) is 33.4 Å². The number of benzene rings is 1. The molecule has 1 atom stereocenters. The molecular weight excluding hydrogens is 404 g/mol. The van der Waals surface area contributed by atoms with Gasteiger partial charge in [0.05, 0.1) is 18.6 Å². The summed E-state index contributed by atoms with van der Waals surface area (Å²) in [6, 6.07) is 4.52. The van der Waals surface area contributed by atoms with Crippen molar-refractivity contribution in [2.75, 3.05) is 20.3 Å². The quantitative estimate of drug-likeness (QED) is 0.458. The zero-order valence-corrected chi connectivity index (χ0v) is 17.8. The van der Waals surface area contributed by atoms with E-state index in [1.807, 2.05) is 0 Å². The van der Waals surface area contributed by atoms with Gasteiger partial charge in [-0.15, -0.1) is 0 Å². The molecule has 1 rings (SSSR count). The summed E-state index contributed by atoms with van der Waals surface area (Å²) in [5.41, 5.74) is 0.119. The summed E-state index contributed by atoms with van der Waals surface area (Å²) in [7, 11) is -3.07. The van der Waals surface area contributed by atoms with Crippen LogP contribution in [0.4, 0.5) is 4.79 Å². The molecule has 0 aliphatic carbocycles. The van der Waals surface area contributed by atoms with Crippen LogP contribution < -0.4 is 10.6 Å². The monoisotopic (exact) mass is 430 g/mol. The van der Waals surface area contributed by atoms with Crippen molar-refractivity contribution in [3.05, 3.63) is 29.8 Å². The molecule has 2 N–H and O–H groups in total. The second-order valence-electron chi connectivity index (χ2n) is 7.05. The van der Waals surface area contributed by atoms with Gasteiger partial charge in [-0.1, -0.05) is 17.7 Å². The molecule has 0 saturated carbocycles. The Bertz CT molecular complexity index is 828. The molecule has 2 amide bonds. The van der Waals surface area contributed by atoms with E-state index in [1.54, 1.807) is 39.8 Å². The second kappa shape index (κ2) is 10.2. The van der Waals surface area contributed by atoms with Gasteiger partial charge in [-0.05, 0) is 39.8 Å². The van der Waals surface area contributed by atoms with Gasteiger partial charge in [-0.3, -0.25) is 8.98 Å². The van der Waals surface area contributed by atoms with Crippen LogP contribution in [0.15, 0.2) is 29.2 Å². The molecule has 0 saturated heterocycles. The Kier molecular flexibility index (Phi) is 8.59. The van der Waals surface area contributed by atoms with E-state index >= 15 is 0 Å². The fourth-order valence-electron chi connectivity index (χ4n) is 1.95. The number of amides is 2. The molecule has 0 unspecified atom stereocenters. The molecule has 11 heteroatoms. The SMILES string of the molecule is COC(=O)[C@H](COS(=O)(=O)c1ccc(C)cc1)NC(=O)CNC(=O)OC(C)(C)C. The summed E-state index contributed by atoms with van der Waals surface area (Å²) in [6.07, 6.45) is -0.819. The number of ether oxygens (including phenoxy) is 2. The Morgan fingerprint density at radius 2 is 1.69 bits per heavy atom. The molecular formula is C18H26N2O8S. The van der Waals surface area contributed by atoms with Gasteiger partial charge < -0.3 is 20.1 Å². The predicted molar refractivity (Wildman–Crippen MR) is 103 cm³/mol. The van der Waals surface area contributed by atoms with Gasteiger partial charge in [0.25, 0.3) is 10.1 Å². The number of carbonyl (C=O) groups is 3. The third-order valence-corrected chi connectivity index (χ3v) is 4.61. The summed E-state index contributed by atoms with van der Waals surface area (Å²) in [5, 5.41) is 4.47. The Morgan fingerprint density at radius 1 is 1.10 bits per heavy atom. The fourth-order valence-corrected chi connectivity index (χ4v) is 2.87. The van der Waals surface area contributed by atoms with Crippen LogP contribution in [-0.4, -0.2) is 58.3 Å². The third kappa shape index (κ3) is 8.92. The number of aryl methyl sites for hydroxylation is 1. The first-order valence-corrected chi connectivity index (χ1v) is 10.0. The zero-order valence-electron chi connectivity index (χ0n) is 17.0. The maximum atomic E-state index is 12.2. The van der Waals surface area contributed by atoms with E-state index in [4.69, 9.17) is 8.92 Å². The largest absolute Gasteiger partial charge is 0.467 e. The normalized spacial score (nSPS) is 12.6. The molecule has 1 aromatic rings. The lowest BCUT2D eigenvalue weighted by atomic mass is 10.2. The highest BCUT2D eigenvalue weighted by Crippen LogP contribution is 2.13. The Morgan fingerprint density at radius 3 is 2.21 bits per heavy atom. The highest BCUT2D eigenvalue weighted by atomic mass is 32.2. The van der Waals surface area contributed by atoms with E-state index in [0.29, 0.717) is 0 Å². The third-order valence-electron chi connectivity index (χ3n) is 3.31. The van der Waals surface area contributed by atoms with Crippen molar-refractivity contribution in [3.8, 4) is 0 Å². The van der Waals surface area contributed by atoms with Crippen LogP contribution in [0.1, 0.15) is 26.3 Å². The van der Waals surface area contributed by atoms with Crippen molar-refractivity contribution in [2.24, 2.45) is 0 Å². The minimum absolute atomic E-state index is 0.0929. The van der Waals surface area contributed by atoms with E-state index in [-0.39, 0.29) is 4.90 Å². The molecule has 0 aromatic heterocycles. The topological polar surface area (TPSA) is 137 Å². The molecule has 0 bridgehead atoms. The predicted octanol–water partition coefficient (Wildman–Crippen LogP) is 0.883. The van der Waals surface area contributed by atoms with Gasteiger partial charge >= 0.3 is 12.1 Å². The van der Waals surface area contributed by atoms with Gasteiger partial charge in [0.2, 0.25) is 5.91 Å². The molecule has 0 heterocycles. The average Bonchev–Trinajstić information content (AvgIpc) is 2.61. The lowest BCUT2D eigenvalue weighted by Crippen LogP contribution is -2.48. The van der Waals surface area contributed by atoms with Crippen LogP contribution in [0.2, 0.25) is 0 Å². The van der Waals surface area contributed by atoms with E-state index in [2.05, 4.69) is 15.4 Å². The standard InChI is InChI=1S/C18H26N2O8S/c1-12-6-8-13(9-7-12)29(24,25)27-11-14(16(22)26-5)20-15(21)10-19-17(23)28-18(2,3)4/h6-9,14H,10-11H2,1-5H3,(H,19,23)(H,20,21)/t14-/m0/s1. The lowest BCUT2D eigenvalue weighted by Gasteiger charge is -2.20. The van der Waals surface area contributed by atoms with Gasteiger partial charge in [0.1, 0.15) is 12.1 Å². The van der Waals surface area contributed by atoms with E-state index < -0.39 is 52.9 Å². The maximum absolute atomic E-state index is 12.2. The highest BCUT2D eigenvalue weighted by molar-refractivity contribution is 7.86. The Balaban J connectivity index is 2.68. The summed E-state index contributed by atoms with van der Waals surface area (Å²) < 4.78 is 38.9. The van der Waals surface area contributed by atoms with Crippen molar-refractivity contribution in [1.82, 2.24) is 10.6 Å². The van der Waals surface area contributed by atoms with Crippen LogP contribution in [0, 0.1) is 6.92 Å². The van der Waals surface area contributed by atoms with Crippen molar-refractivity contribution < 1.29 is 36.5 Å². The fraction of sp³-hybridized carbons (Fsp3) is 0.500. The number of nitrogens with one attached hydrogen (secondary N) is 2. The van der Waals surface area contributed by atoms with Crippen LogP contribution in [0.3, 0.4) is 0 Å². The van der Waals surface area contributed by atoms with Crippen LogP contribution in [0.25, 0.3) is 0 Å². The first kappa shape index (κ1) is 24.4. The number of carbonyl (C=O) groups excluding carboxylic acids is 3. The summed E-state index contributed by atoms with van der Waals surface area (Å²) in [6.45, 7) is 5.60. The first-order valence-electron chi connectivity index (χ1n) is 8.64. The summed E-state index contributed by atoms with van der Waals surface area (Å²) in [4.78, 5) is 35.3. The van der Waals surface area contributed by atoms with Gasteiger partial charge in [0, 0.05) is 0 Å². The average molecular weight is 430 g/mol. The molecule has 0 spiro atoms. The van der Waals surface area contributed by atoms with Crippen molar-refractivity contribution in [2.45, 2.75) is 44.2 Å². The molecule has 0 aliphatic rings. The van der Waals surface area contributed by atoms with Crippen molar-refractivity contribution in [3.63, 3.8) is 0 Å². The summed E-state index contributed by atoms with van der Waals surface area (Å²) >= 11 is 0. The molecule has 0 aliphatic heterocycles. The van der Waals surface area contributed by atoms with Crippen LogP contribution >= 0.6 is 0 Å². The molecule has 0 radical (unpaired) electrons. The lowest BCUT2D eigenvalue weighted by molar-refractivity contribution is -0.145. The van der Waals surface area contributed by atoms with E-state index in [0.717, 1.165) is 12.7 Å². The summed E-state index contributed by atoms with van der Waals surface area (Å²) in [5.74, 6) is -1.67. The Hall–Kier alpha value is -2.66. The number of hydrogen-bond donors (Lipinski definition) is 2. The zero-order chi connectivity index (χ0) is 22.2. The first-order chi connectivity index (χ1) is 13.3. The number of esters is 1. The molecule has 1 aromatic carbocycles. The minimum atomic E-state index is -4.14. The minimum Gasteiger partial charge on any atom is -0.467 e. The number of methoxy groups -OCH3 is 1. The number of rotatable bonds is 8. The smallest absolute Gasteiger partial charge is 0.408 e. The molecule has 10 nitrogen and oxygen atoms in total. The van der Waals surface area contributed by atoms with Crippen molar-refractivity contribution in [1.29, 1.82) is 0 Å². The van der Waals surface area contributed by atoms with Gasteiger partial charge in [0.15, 0.2) is 6.04 Å². The van der Waals surface area contributed by atoms with E-state index in [1.165, 1.54) is 12.1 Å². The van der Waals surface area contributed by atoms with Gasteiger partial charge in [-0.25, -0.2) is 9.59 Å². The molecule has 162 valence electrons. The van der Waals surface area contributed by atoms with Crippen LogP contribution in [0.5, 0.6) is 0 Å². The number of alkyl carbamates (subject to hydrolysis) is 1. The van der Waals surface area contributed by atoms with Crippen molar-refractivity contribution >= 4 is 28.1 Å². The van der Waals surface area contributed by atoms with E-state index in [9.17, 15) is 22.8 Å². The molecule has 29 heavy (non-hydrogen) atoms. The Labute approximate surface area is 170 Å². The molecule has 0 fully saturated rings.